The van der Waals surface area contributed by atoms with Crippen molar-refractivity contribution in [2.75, 3.05) is 51.2 Å². The molecule has 1 aromatic rings. The second-order valence-corrected chi connectivity index (χ2v) is 7.76. The van der Waals surface area contributed by atoms with Gasteiger partial charge < -0.3 is 21.3 Å². The highest BCUT2D eigenvalue weighted by atomic mass is 16.1. The number of amidine groups is 1. The average Bonchev–Trinajstić information content (AvgIpc) is 2.68. The first kappa shape index (κ1) is 20.3. The van der Waals surface area contributed by atoms with E-state index in [1.165, 1.54) is 31.6 Å². The van der Waals surface area contributed by atoms with Gasteiger partial charge in [-0.05, 0) is 63.7 Å². The Labute approximate surface area is 166 Å². The number of piperazine rings is 1. The Morgan fingerprint density at radius 1 is 1.11 bits per heavy atom. The molecular weight excluding hydrogens is 354 g/mol. The van der Waals surface area contributed by atoms with Crippen LogP contribution in [0.2, 0.25) is 0 Å². The Balaban J connectivity index is 1.61. The Kier molecular flexibility index (Phi) is 6.31. The molecule has 1 aromatic carbocycles. The standard InChI is InChI=1S/C20H31N7O/c1-14-13-15(24-19(22)18(21)20(23)28)3-4-17(14)27-11-9-26(10-12-27)16-5-7-25(2)8-6-16/h3-4,13,16,21H,5-12H2,1-2H3,(H2,22,24)(H2,23,28). The van der Waals surface area contributed by atoms with Gasteiger partial charge in [0.15, 0.2) is 11.5 Å². The van der Waals surface area contributed by atoms with Gasteiger partial charge in [-0.15, -0.1) is 0 Å². The van der Waals surface area contributed by atoms with Crippen LogP contribution in [0, 0.1) is 12.3 Å². The van der Waals surface area contributed by atoms with Crippen LogP contribution in [0.25, 0.3) is 0 Å². The van der Waals surface area contributed by atoms with Gasteiger partial charge in [-0.2, -0.15) is 0 Å². The number of hydrogen-bond acceptors (Lipinski definition) is 6. The lowest BCUT2D eigenvalue weighted by atomic mass is 10.0. The molecule has 0 unspecified atom stereocenters. The number of aryl methyl sites for hydroxylation is 1. The molecule has 28 heavy (non-hydrogen) atoms. The summed E-state index contributed by atoms with van der Waals surface area (Å²) in [4.78, 5) is 22.7. The minimum atomic E-state index is -0.878. The van der Waals surface area contributed by atoms with E-state index in [1.54, 1.807) is 0 Å². The van der Waals surface area contributed by atoms with Gasteiger partial charge in [0.1, 0.15) is 0 Å². The molecule has 152 valence electrons. The van der Waals surface area contributed by atoms with Crippen molar-refractivity contribution in [1.82, 2.24) is 9.80 Å². The van der Waals surface area contributed by atoms with Gasteiger partial charge in [0.05, 0.1) is 5.69 Å². The van der Waals surface area contributed by atoms with E-state index in [9.17, 15) is 4.79 Å². The summed E-state index contributed by atoms with van der Waals surface area (Å²) in [5.74, 6) is -1.04. The van der Waals surface area contributed by atoms with Crippen LogP contribution in [-0.2, 0) is 4.79 Å². The minimum absolute atomic E-state index is 0.161. The summed E-state index contributed by atoms with van der Waals surface area (Å²) in [6, 6.07) is 6.56. The van der Waals surface area contributed by atoms with Crippen molar-refractivity contribution in [3.63, 3.8) is 0 Å². The lowest BCUT2D eigenvalue weighted by Gasteiger charge is -2.43. The number of carbonyl (C=O) groups excluding carboxylic acids is 1. The second kappa shape index (κ2) is 8.70. The summed E-state index contributed by atoms with van der Waals surface area (Å²) in [6.45, 7) is 8.67. The first-order valence-electron chi connectivity index (χ1n) is 9.86. The molecule has 2 heterocycles. The zero-order valence-electron chi connectivity index (χ0n) is 16.8. The Hall–Kier alpha value is -2.45. The van der Waals surface area contributed by atoms with Crippen LogP contribution in [0.1, 0.15) is 18.4 Å². The SMILES string of the molecule is Cc1cc(N=C(N)C(=N)C(N)=O)ccc1N1CCN(C2CCN(C)CC2)CC1. The topological polar surface area (TPSA) is 115 Å². The molecule has 0 bridgehead atoms. The van der Waals surface area contributed by atoms with Crippen LogP contribution in [-0.4, -0.2) is 79.6 Å². The van der Waals surface area contributed by atoms with Gasteiger partial charge in [0, 0.05) is 37.9 Å². The van der Waals surface area contributed by atoms with E-state index in [0.717, 1.165) is 37.8 Å². The molecular formula is C20H31N7O. The van der Waals surface area contributed by atoms with Gasteiger partial charge in [-0.1, -0.05) is 0 Å². The maximum absolute atomic E-state index is 11.0. The number of anilines is 1. The van der Waals surface area contributed by atoms with Crippen molar-refractivity contribution in [2.24, 2.45) is 16.5 Å². The van der Waals surface area contributed by atoms with Crippen LogP contribution in [0.15, 0.2) is 23.2 Å². The molecule has 0 radical (unpaired) electrons. The van der Waals surface area contributed by atoms with Crippen molar-refractivity contribution in [1.29, 1.82) is 5.41 Å². The van der Waals surface area contributed by atoms with Crippen LogP contribution in [0.5, 0.6) is 0 Å². The van der Waals surface area contributed by atoms with E-state index in [0.29, 0.717) is 5.69 Å². The van der Waals surface area contributed by atoms with Gasteiger partial charge >= 0.3 is 0 Å². The molecule has 2 aliphatic heterocycles. The molecule has 2 saturated heterocycles. The fourth-order valence-electron chi connectivity index (χ4n) is 4.07. The van der Waals surface area contributed by atoms with Crippen molar-refractivity contribution in [3.05, 3.63) is 23.8 Å². The summed E-state index contributed by atoms with van der Waals surface area (Å²) in [7, 11) is 2.20. The monoisotopic (exact) mass is 385 g/mol. The van der Waals surface area contributed by atoms with Crippen molar-refractivity contribution in [3.8, 4) is 0 Å². The zero-order valence-corrected chi connectivity index (χ0v) is 16.8. The Morgan fingerprint density at radius 2 is 1.75 bits per heavy atom. The fraction of sp³-hybridized carbons (Fsp3) is 0.550. The first-order valence-corrected chi connectivity index (χ1v) is 9.86. The fourth-order valence-corrected chi connectivity index (χ4v) is 4.07. The summed E-state index contributed by atoms with van der Waals surface area (Å²) in [5, 5.41) is 7.52. The lowest BCUT2D eigenvalue weighted by molar-refractivity contribution is -0.111. The van der Waals surface area contributed by atoms with Crippen LogP contribution in [0.3, 0.4) is 0 Å². The average molecular weight is 386 g/mol. The summed E-state index contributed by atoms with van der Waals surface area (Å²) >= 11 is 0. The Bertz CT molecular complexity index is 760. The maximum atomic E-state index is 11.0. The smallest absolute Gasteiger partial charge is 0.270 e. The third-order valence-electron chi connectivity index (χ3n) is 5.79. The van der Waals surface area contributed by atoms with E-state index >= 15 is 0 Å². The number of likely N-dealkylation sites (tertiary alicyclic amines) is 1. The molecule has 2 fully saturated rings. The number of nitrogens with one attached hydrogen (secondary N) is 1. The molecule has 0 spiro atoms. The predicted octanol–water partition coefficient (Wildman–Crippen LogP) is 0.705. The third kappa shape index (κ3) is 4.69. The van der Waals surface area contributed by atoms with Crippen LogP contribution >= 0.6 is 0 Å². The van der Waals surface area contributed by atoms with Crippen LogP contribution in [0.4, 0.5) is 11.4 Å². The largest absolute Gasteiger partial charge is 0.382 e. The molecule has 0 aliphatic carbocycles. The number of primary amides is 1. The van der Waals surface area contributed by atoms with E-state index < -0.39 is 11.6 Å². The van der Waals surface area contributed by atoms with Gasteiger partial charge in [-0.3, -0.25) is 15.1 Å². The zero-order chi connectivity index (χ0) is 20.3. The van der Waals surface area contributed by atoms with Crippen molar-refractivity contribution in [2.45, 2.75) is 25.8 Å². The molecule has 1 amide bonds. The maximum Gasteiger partial charge on any atom is 0.270 e. The molecule has 0 atom stereocenters. The molecule has 8 nitrogen and oxygen atoms in total. The second-order valence-electron chi connectivity index (χ2n) is 7.76. The number of hydrogen-bond donors (Lipinski definition) is 3. The molecule has 5 N–H and O–H groups in total. The number of nitrogens with two attached hydrogens (primary N) is 2. The van der Waals surface area contributed by atoms with E-state index in [1.807, 2.05) is 25.1 Å². The number of aliphatic imine (C=N–C) groups is 1. The molecule has 0 saturated carbocycles. The number of nitrogens with zero attached hydrogens (tertiary/aromatic N) is 4. The highest BCUT2D eigenvalue weighted by molar-refractivity contribution is 6.65. The number of amides is 1. The highest BCUT2D eigenvalue weighted by Gasteiger charge is 2.26. The predicted molar refractivity (Wildman–Crippen MR) is 114 cm³/mol. The van der Waals surface area contributed by atoms with Gasteiger partial charge in [-0.25, -0.2) is 4.99 Å². The molecule has 0 aromatic heterocycles. The van der Waals surface area contributed by atoms with Crippen molar-refractivity contribution >= 4 is 28.8 Å². The number of rotatable bonds is 5. The summed E-state index contributed by atoms with van der Waals surface area (Å²) in [6.07, 6.45) is 2.54. The normalized spacial score (nSPS) is 20.4. The summed E-state index contributed by atoms with van der Waals surface area (Å²) < 4.78 is 0. The van der Waals surface area contributed by atoms with E-state index in [-0.39, 0.29) is 5.84 Å². The molecule has 2 aliphatic rings. The van der Waals surface area contributed by atoms with Gasteiger partial charge in [0.2, 0.25) is 0 Å². The molecule has 8 heteroatoms. The van der Waals surface area contributed by atoms with Gasteiger partial charge in [0.25, 0.3) is 5.91 Å². The Morgan fingerprint density at radius 3 is 2.32 bits per heavy atom. The number of benzene rings is 1. The lowest BCUT2D eigenvalue weighted by Crippen LogP contribution is -2.53. The van der Waals surface area contributed by atoms with Crippen molar-refractivity contribution < 1.29 is 4.79 Å². The van der Waals surface area contributed by atoms with E-state index in [4.69, 9.17) is 16.9 Å². The number of carbonyl (C=O) groups is 1. The first-order chi connectivity index (χ1) is 13.3. The summed E-state index contributed by atoms with van der Waals surface area (Å²) in [5.41, 5.74) is 13.2. The van der Waals surface area contributed by atoms with E-state index in [2.05, 4.69) is 26.7 Å². The minimum Gasteiger partial charge on any atom is -0.382 e. The highest BCUT2D eigenvalue weighted by Crippen LogP contribution is 2.27. The molecule has 3 rings (SSSR count). The number of piperidine rings is 1. The quantitative estimate of drug-likeness (QED) is 0.510. The van der Waals surface area contributed by atoms with Crippen LogP contribution < -0.4 is 16.4 Å². The third-order valence-corrected chi connectivity index (χ3v) is 5.79.